The Labute approximate surface area is 821 Å². The molecule has 21 heteroatoms. The van der Waals surface area contributed by atoms with Gasteiger partial charge in [0.1, 0.15) is 0 Å². The number of benzene rings is 10. The maximum Gasteiger partial charge on any atom is 0.0823 e. The van der Waals surface area contributed by atoms with Gasteiger partial charge in [-0.1, -0.05) is 283 Å². The Morgan fingerprint density at radius 3 is 0.875 bits per heavy atom. The average Bonchev–Trinajstić information content (AvgIpc) is 0.680. The summed E-state index contributed by atoms with van der Waals surface area (Å²) < 4.78 is 0. The van der Waals surface area contributed by atoms with Gasteiger partial charge in [-0.25, -0.2) is 0 Å². The van der Waals surface area contributed by atoms with Crippen LogP contribution in [0.15, 0.2) is 231 Å². The van der Waals surface area contributed by atoms with Gasteiger partial charge in [0.05, 0.1) is 78.5 Å². The fourth-order valence-electron chi connectivity index (χ4n) is 21.7. The molecule has 8 fully saturated rings. The number of halogens is 12. The second-order valence-electron chi connectivity index (χ2n) is 37.4. The number of hydrogen-bond acceptors (Lipinski definition) is 9. The molecule has 8 aliphatic rings. The highest BCUT2D eigenvalue weighted by atomic mass is 35.5. The summed E-state index contributed by atoms with van der Waals surface area (Å²) in [5, 5.41) is 18.6. The molecular formula is C107H119Cl12N9. The number of hydrogen-bond donors (Lipinski definition) is 0. The van der Waals surface area contributed by atoms with E-state index in [1.54, 1.807) is 0 Å². The van der Waals surface area contributed by atoms with Gasteiger partial charge < -0.3 is 19.6 Å². The second-order valence-corrected chi connectivity index (χ2v) is 42.5. The zero-order valence-electron chi connectivity index (χ0n) is 73.9. The summed E-state index contributed by atoms with van der Waals surface area (Å²) in [7, 11) is 0. The monoisotopic (exact) mass is 1950 g/mol. The summed E-state index contributed by atoms with van der Waals surface area (Å²) in [6, 6.07) is 83.6. The van der Waals surface area contributed by atoms with Crippen LogP contribution in [0.3, 0.4) is 0 Å². The number of anilines is 4. The first-order valence-electron chi connectivity index (χ1n) is 46.2. The molecular weight excluding hydrogens is 1840 g/mol. The highest BCUT2D eigenvalue weighted by Gasteiger charge is 2.44. The van der Waals surface area contributed by atoms with Gasteiger partial charge in [0.2, 0.25) is 0 Å². The lowest BCUT2D eigenvalue weighted by atomic mass is 9.68. The number of nitrogens with zero attached hydrogens (tertiary/aromatic N) is 9. The van der Waals surface area contributed by atoms with E-state index in [-0.39, 0.29) is 29.6 Å². The predicted molar refractivity (Wildman–Crippen MR) is 547 cm³/mol. The Bertz CT molecular complexity index is 5270. The molecule has 0 N–H and O–H groups in total. The molecule has 4 heterocycles. The van der Waals surface area contributed by atoms with Gasteiger partial charge in [-0.3, -0.25) is 19.6 Å². The van der Waals surface area contributed by atoms with Crippen molar-refractivity contribution in [3.8, 4) is 6.07 Å². The normalized spacial score (nSPS) is 25.2. The van der Waals surface area contributed by atoms with Crippen LogP contribution in [0.25, 0.3) is 0 Å². The molecule has 0 spiro atoms. The molecule has 9 nitrogen and oxygen atoms in total. The van der Waals surface area contributed by atoms with Gasteiger partial charge in [0.15, 0.2) is 0 Å². The van der Waals surface area contributed by atoms with Gasteiger partial charge in [0.25, 0.3) is 0 Å². The first-order valence-corrected chi connectivity index (χ1v) is 50.8. The Hall–Kier alpha value is -5.79. The van der Waals surface area contributed by atoms with Crippen molar-refractivity contribution in [2.45, 2.75) is 197 Å². The van der Waals surface area contributed by atoms with Crippen LogP contribution < -0.4 is 19.6 Å². The lowest BCUT2D eigenvalue weighted by Gasteiger charge is -2.48. The number of rotatable bonds is 16. The Balaban J connectivity index is 0.000000132. The van der Waals surface area contributed by atoms with Gasteiger partial charge in [-0.2, -0.15) is 5.26 Å². The molecule has 10 aromatic rings. The fourth-order valence-corrected chi connectivity index (χ4v) is 24.3. The molecule has 4 saturated heterocycles. The van der Waals surface area contributed by atoms with Crippen LogP contribution in [-0.2, 0) is 5.41 Å². The summed E-state index contributed by atoms with van der Waals surface area (Å²) in [6.07, 6.45) is 20.8. The van der Waals surface area contributed by atoms with Gasteiger partial charge in [0, 0.05) is 143 Å². The lowest BCUT2D eigenvalue weighted by Crippen LogP contribution is -2.53. The van der Waals surface area contributed by atoms with Crippen LogP contribution in [0.2, 0.25) is 60.3 Å². The van der Waals surface area contributed by atoms with Crippen molar-refractivity contribution < 1.29 is 0 Å². The molecule has 4 atom stereocenters. The van der Waals surface area contributed by atoms with E-state index in [1.807, 2.05) is 133 Å². The molecule has 4 saturated carbocycles. The largest absolute Gasteiger partial charge is 0.361 e. The summed E-state index contributed by atoms with van der Waals surface area (Å²) in [5.41, 5.74) is 12.0. The maximum atomic E-state index is 10.1. The smallest absolute Gasteiger partial charge is 0.0823 e. The van der Waals surface area contributed by atoms with E-state index in [0.29, 0.717) is 75.7 Å². The Kier molecular flexibility index (Phi) is 34.1. The fraction of sp³-hybridized carbons (Fsp3) is 0.430. The highest BCUT2D eigenvalue weighted by Crippen LogP contribution is 2.49. The second kappa shape index (κ2) is 45.0. The van der Waals surface area contributed by atoms with Crippen molar-refractivity contribution >= 4 is 162 Å². The standard InChI is InChI=1S/C29H28Cl3N3.C28H29Cl3N2.C27H35Cl3N2.C23H27Cl3N2/c30-23-8-6-21(7-9-23)28-19-34(16-17-35(28)27-11-10-24(31)18-26(27)32)25-12-14-29(20-33,15-13-25)22-4-2-1-3-5-22;29-23-10-6-22(7-11-23)28-19-32(16-17-33(28)27-15-12-24(30)18-26(27)31)25-13-8-21(9-14-25)20-4-2-1-3-5-20;1-4-27(2,3)20-7-12-23(13-8-20)31-15-16-32(25-14-11-22(29)17-24(25)30)26(18-31)19-5-9-21(28)10-6-19;1-16-2-9-20(10-3-16)27-12-13-28(22-11-8-19(25)14-21(22)26)23(15-27)17-4-6-18(24)7-5-17/h1-11,18,25,28H,12-17,19H2;1-7,10-12,15,18,21,25,28H,8-9,13-14,16-17,19H2;5-6,9-11,14,17,20,23,26H,4,7-8,12-13,15-16,18H2,1-3H3;4-8,11,14,16,20,23H,2-3,9-10,12-13,15H2,1H3. The van der Waals surface area contributed by atoms with Crippen molar-refractivity contribution in [1.29, 1.82) is 5.26 Å². The van der Waals surface area contributed by atoms with E-state index in [9.17, 15) is 5.26 Å². The Morgan fingerprint density at radius 1 is 0.312 bits per heavy atom. The molecule has 0 amide bonds. The molecule has 4 aliphatic heterocycles. The van der Waals surface area contributed by atoms with E-state index in [0.717, 1.165) is 164 Å². The summed E-state index contributed by atoms with van der Waals surface area (Å²) in [6.45, 7) is 21.4. The highest BCUT2D eigenvalue weighted by molar-refractivity contribution is 6.38. The summed E-state index contributed by atoms with van der Waals surface area (Å²) in [4.78, 5) is 20.5. The minimum absolute atomic E-state index is 0.150. The van der Waals surface area contributed by atoms with Crippen molar-refractivity contribution in [2.75, 3.05) is 98.1 Å². The molecule has 0 radical (unpaired) electrons. The third-order valence-electron chi connectivity index (χ3n) is 29.6. The number of piperazine rings is 4. The zero-order valence-corrected chi connectivity index (χ0v) is 82.9. The van der Waals surface area contributed by atoms with E-state index < -0.39 is 0 Å². The molecule has 4 aliphatic carbocycles. The van der Waals surface area contributed by atoms with E-state index in [1.165, 1.54) is 111 Å². The van der Waals surface area contributed by atoms with Crippen molar-refractivity contribution in [1.82, 2.24) is 19.6 Å². The van der Waals surface area contributed by atoms with Gasteiger partial charge >= 0.3 is 0 Å². The Morgan fingerprint density at radius 2 is 0.586 bits per heavy atom. The molecule has 676 valence electrons. The van der Waals surface area contributed by atoms with Gasteiger partial charge in [-0.15, -0.1) is 0 Å². The summed E-state index contributed by atoms with van der Waals surface area (Å²) in [5.74, 6) is 2.42. The maximum absolute atomic E-state index is 10.1. The lowest BCUT2D eigenvalue weighted by molar-refractivity contribution is 0.0738. The molecule has 10 aromatic carbocycles. The molecule has 0 aromatic heterocycles. The third kappa shape index (κ3) is 24.1. The minimum atomic E-state index is -0.369. The molecule has 128 heavy (non-hydrogen) atoms. The van der Waals surface area contributed by atoms with Crippen LogP contribution >= 0.6 is 139 Å². The van der Waals surface area contributed by atoms with Crippen molar-refractivity contribution in [3.63, 3.8) is 0 Å². The number of nitriles is 1. The van der Waals surface area contributed by atoms with E-state index in [4.69, 9.17) is 139 Å². The van der Waals surface area contributed by atoms with E-state index in [2.05, 4.69) is 170 Å². The predicted octanol–water partition coefficient (Wildman–Crippen LogP) is 31.7. The molecule has 0 bridgehead atoms. The SMILES string of the molecule is CC1CCC(N2CCN(c3ccc(Cl)cc3Cl)C(c3ccc(Cl)cc3)C2)CC1.CCC(C)(C)C1CCC(N2CCN(c3ccc(Cl)cc3Cl)C(c3ccc(Cl)cc3)C2)CC1.Clc1ccc(C2CN(C3CCC(c4ccccc4)CC3)CCN2c2ccc(Cl)cc2Cl)cc1.N#CC1(c2ccccc2)CCC(N2CCN(c3ccc(Cl)cc3Cl)C(c3ccc(Cl)cc3)C2)CC1. The first kappa shape index (κ1) is 96.8. The quantitative estimate of drug-likeness (QED) is 0.0942. The van der Waals surface area contributed by atoms with Gasteiger partial charge in [-0.05, 0) is 281 Å². The van der Waals surface area contributed by atoms with Crippen LogP contribution in [0.4, 0.5) is 22.7 Å². The first-order chi connectivity index (χ1) is 61.9. The molecule has 4 unspecified atom stereocenters. The van der Waals surface area contributed by atoms with Crippen molar-refractivity contribution in [3.05, 3.63) is 324 Å². The van der Waals surface area contributed by atoms with Crippen LogP contribution in [0, 0.1) is 28.6 Å². The zero-order chi connectivity index (χ0) is 89.8. The van der Waals surface area contributed by atoms with Crippen LogP contribution in [0.5, 0.6) is 0 Å². The molecule has 18 rings (SSSR count). The minimum Gasteiger partial charge on any atom is -0.361 e. The van der Waals surface area contributed by atoms with Crippen LogP contribution in [0.1, 0.15) is 200 Å². The third-order valence-corrected chi connectivity index (χ3v) is 32.8. The van der Waals surface area contributed by atoms with E-state index >= 15 is 0 Å². The van der Waals surface area contributed by atoms with Crippen LogP contribution in [-0.4, -0.2) is 122 Å². The van der Waals surface area contributed by atoms with Crippen molar-refractivity contribution in [2.24, 2.45) is 17.3 Å². The average molecular weight is 1960 g/mol. The summed E-state index contributed by atoms with van der Waals surface area (Å²) >= 11 is 75.9. The topological polar surface area (TPSA) is 49.7 Å².